The van der Waals surface area contributed by atoms with Crippen molar-refractivity contribution in [1.29, 1.82) is 0 Å². The van der Waals surface area contributed by atoms with Gasteiger partial charge in [0.15, 0.2) is 5.03 Å². The van der Waals surface area contributed by atoms with Crippen LogP contribution in [0.3, 0.4) is 0 Å². The van der Waals surface area contributed by atoms with Crippen LogP contribution in [0.15, 0.2) is 60.0 Å². The number of benzene rings is 1. The Balaban J connectivity index is 1.57. The second-order valence-electron chi connectivity index (χ2n) is 7.26. The number of piperidine rings is 1. The van der Waals surface area contributed by atoms with Crippen molar-refractivity contribution in [3.63, 3.8) is 0 Å². The van der Waals surface area contributed by atoms with E-state index in [-0.39, 0.29) is 10.9 Å². The second-order valence-corrected chi connectivity index (χ2v) is 9.14. The van der Waals surface area contributed by atoms with Crippen LogP contribution < -0.4 is 4.74 Å². The van der Waals surface area contributed by atoms with Crippen LogP contribution in [0.5, 0.6) is 5.75 Å². The fourth-order valence-electron chi connectivity index (χ4n) is 3.66. The summed E-state index contributed by atoms with van der Waals surface area (Å²) >= 11 is 0. The van der Waals surface area contributed by atoms with E-state index >= 15 is 0 Å². The Morgan fingerprint density at radius 3 is 2.62 bits per heavy atom. The smallest absolute Gasteiger partial charge is 0.262 e. The van der Waals surface area contributed by atoms with Crippen LogP contribution in [-0.2, 0) is 17.1 Å². The maximum absolute atomic E-state index is 12.9. The van der Waals surface area contributed by atoms with Crippen LogP contribution >= 0.6 is 0 Å². The Morgan fingerprint density at radius 1 is 1.14 bits per heavy atom. The summed E-state index contributed by atoms with van der Waals surface area (Å²) in [7, 11) is -0.188. The van der Waals surface area contributed by atoms with E-state index in [1.54, 1.807) is 24.9 Å². The van der Waals surface area contributed by atoms with Gasteiger partial charge in [0.05, 0.1) is 19.1 Å². The molecule has 2 aromatic heterocycles. The SMILES string of the molecule is COc1ccc(-c2cccc(C3CCCN(S(=O)(=O)c4cn(C)cn4)C3)n2)cc1. The van der Waals surface area contributed by atoms with E-state index in [1.807, 2.05) is 42.5 Å². The second kappa shape index (κ2) is 7.96. The molecule has 29 heavy (non-hydrogen) atoms. The van der Waals surface area contributed by atoms with Gasteiger partial charge in [0.25, 0.3) is 10.0 Å². The number of aromatic nitrogens is 3. The molecule has 1 fully saturated rings. The minimum atomic E-state index is -3.59. The summed E-state index contributed by atoms with van der Waals surface area (Å²) in [6, 6.07) is 13.7. The first-order valence-electron chi connectivity index (χ1n) is 9.57. The third-order valence-electron chi connectivity index (χ3n) is 5.24. The molecule has 3 aromatic rings. The van der Waals surface area contributed by atoms with Crippen LogP contribution in [0.1, 0.15) is 24.5 Å². The summed E-state index contributed by atoms with van der Waals surface area (Å²) < 4.78 is 34.3. The molecule has 8 heteroatoms. The van der Waals surface area contributed by atoms with Gasteiger partial charge in [0.2, 0.25) is 0 Å². The molecular weight excluding hydrogens is 388 g/mol. The molecule has 1 atom stereocenters. The topological polar surface area (TPSA) is 77.3 Å². The Labute approximate surface area is 171 Å². The fourth-order valence-corrected chi connectivity index (χ4v) is 5.15. The lowest BCUT2D eigenvalue weighted by molar-refractivity contribution is 0.312. The molecule has 0 aliphatic carbocycles. The summed E-state index contributed by atoms with van der Waals surface area (Å²) in [6.07, 6.45) is 4.76. The predicted octanol–water partition coefficient (Wildman–Crippen LogP) is 3.06. The molecule has 1 aliphatic heterocycles. The number of methoxy groups -OCH3 is 1. The average Bonchev–Trinajstić information content (AvgIpc) is 3.21. The zero-order valence-corrected chi connectivity index (χ0v) is 17.3. The van der Waals surface area contributed by atoms with E-state index in [9.17, 15) is 8.42 Å². The number of pyridine rings is 1. The Morgan fingerprint density at radius 2 is 1.93 bits per heavy atom. The molecule has 1 unspecified atom stereocenters. The molecule has 4 rings (SSSR count). The van der Waals surface area contributed by atoms with E-state index in [4.69, 9.17) is 9.72 Å². The highest BCUT2D eigenvalue weighted by molar-refractivity contribution is 7.89. The summed E-state index contributed by atoms with van der Waals surface area (Å²) in [6.45, 7) is 0.922. The third-order valence-corrected chi connectivity index (χ3v) is 7.00. The summed E-state index contributed by atoms with van der Waals surface area (Å²) in [5, 5.41) is 0.0978. The Hall–Kier alpha value is -2.71. The minimum absolute atomic E-state index is 0.0560. The Kier molecular flexibility index (Phi) is 5.38. The third kappa shape index (κ3) is 4.04. The largest absolute Gasteiger partial charge is 0.497 e. The minimum Gasteiger partial charge on any atom is -0.497 e. The summed E-state index contributed by atoms with van der Waals surface area (Å²) in [5.74, 6) is 0.855. The van der Waals surface area contributed by atoms with Gasteiger partial charge in [-0.2, -0.15) is 4.31 Å². The fraction of sp³-hybridized carbons (Fsp3) is 0.333. The number of hydrogen-bond donors (Lipinski definition) is 0. The maximum atomic E-state index is 12.9. The van der Waals surface area contributed by atoms with Gasteiger partial charge < -0.3 is 9.30 Å². The number of sulfonamides is 1. The van der Waals surface area contributed by atoms with Crippen LogP contribution in [0, 0.1) is 0 Å². The zero-order valence-electron chi connectivity index (χ0n) is 16.5. The van der Waals surface area contributed by atoms with Crippen molar-refractivity contribution in [2.45, 2.75) is 23.8 Å². The van der Waals surface area contributed by atoms with Gasteiger partial charge in [-0.25, -0.2) is 13.4 Å². The first-order valence-corrected chi connectivity index (χ1v) is 11.0. The molecule has 0 N–H and O–H groups in total. The molecule has 3 heterocycles. The van der Waals surface area contributed by atoms with E-state index in [0.717, 1.165) is 35.5 Å². The van der Waals surface area contributed by atoms with Crippen molar-refractivity contribution < 1.29 is 13.2 Å². The van der Waals surface area contributed by atoms with Gasteiger partial charge >= 0.3 is 0 Å². The molecular formula is C21H24N4O3S. The van der Waals surface area contributed by atoms with Gasteiger partial charge in [0.1, 0.15) is 5.75 Å². The Bertz CT molecular complexity index is 1090. The molecule has 1 aliphatic rings. The molecule has 7 nitrogen and oxygen atoms in total. The van der Waals surface area contributed by atoms with E-state index < -0.39 is 10.0 Å². The van der Waals surface area contributed by atoms with Crippen LogP contribution in [-0.4, -0.2) is 47.5 Å². The van der Waals surface area contributed by atoms with Crippen molar-refractivity contribution in [1.82, 2.24) is 18.8 Å². The lowest BCUT2D eigenvalue weighted by Crippen LogP contribution is -2.39. The van der Waals surface area contributed by atoms with Crippen LogP contribution in [0.25, 0.3) is 11.3 Å². The highest BCUT2D eigenvalue weighted by Crippen LogP contribution is 2.30. The molecule has 152 valence electrons. The first kappa shape index (κ1) is 19.6. The number of imidazole rings is 1. The number of rotatable bonds is 5. The van der Waals surface area contributed by atoms with E-state index in [1.165, 1.54) is 10.6 Å². The molecule has 0 radical (unpaired) electrons. The zero-order chi connectivity index (χ0) is 20.4. The molecule has 0 bridgehead atoms. The number of ether oxygens (including phenoxy) is 1. The van der Waals surface area contributed by atoms with Crippen molar-refractivity contribution >= 4 is 10.0 Å². The van der Waals surface area contributed by atoms with Gasteiger partial charge in [-0.3, -0.25) is 4.98 Å². The summed E-state index contributed by atoms with van der Waals surface area (Å²) in [4.78, 5) is 8.87. The molecule has 0 amide bonds. The molecule has 0 spiro atoms. The van der Waals surface area contributed by atoms with Gasteiger partial charge in [0, 0.05) is 43.5 Å². The monoisotopic (exact) mass is 412 g/mol. The average molecular weight is 413 g/mol. The van der Waals surface area contributed by atoms with Gasteiger partial charge in [-0.1, -0.05) is 6.07 Å². The highest BCUT2D eigenvalue weighted by Gasteiger charge is 2.32. The van der Waals surface area contributed by atoms with E-state index in [0.29, 0.717) is 13.1 Å². The first-order chi connectivity index (χ1) is 14.0. The molecule has 1 saturated heterocycles. The van der Waals surface area contributed by atoms with Crippen molar-refractivity contribution in [2.75, 3.05) is 20.2 Å². The maximum Gasteiger partial charge on any atom is 0.262 e. The number of hydrogen-bond acceptors (Lipinski definition) is 5. The number of nitrogens with zero attached hydrogens (tertiary/aromatic N) is 4. The number of aryl methyl sites for hydroxylation is 1. The quantitative estimate of drug-likeness (QED) is 0.644. The van der Waals surface area contributed by atoms with Crippen molar-refractivity contribution in [3.05, 3.63) is 60.7 Å². The standard InChI is InChI=1S/C21H24N4O3S/c1-24-14-21(22-15-24)29(26,27)25-12-4-5-17(13-25)20-7-3-6-19(23-20)16-8-10-18(28-2)11-9-16/h3,6-11,14-15,17H,4-5,12-13H2,1-2H3. The van der Waals surface area contributed by atoms with Crippen LogP contribution in [0.4, 0.5) is 0 Å². The van der Waals surface area contributed by atoms with Crippen molar-refractivity contribution in [3.8, 4) is 17.0 Å². The normalized spacial score (nSPS) is 17.9. The van der Waals surface area contributed by atoms with Gasteiger partial charge in [-0.15, -0.1) is 0 Å². The van der Waals surface area contributed by atoms with E-state index in [2.05, 4.69) is 4.98 Å². The molecule has 1 aromatic carbocycles. The molecule has 0 saturated carbocycles. The van der Waals surface area contributed by atoms with Crippen molar-refractivity contribution in [2.24, 2.45) is 7.05 Å². The lowest BCUT2D eigenvalue weighted by Gasteiger charge is -2.31. The lowest BCUT2D eigenvalue weighted by atomic mass is 9.95. The predicted molar refractivity (Wildman–Crippen MR) is 110 cm³/mol. The van der Waals surface area contributed by atoms with Crippen LogP contribution in [0.2, 0.25) is 0 Å². The summed E-state index contributed by atoms with van der Waals surface area (Å²) in [5.41, 5.74) is 2.79. The highest BCUT2D eigenvalue weighted by atomic mass is 32.2. The van der Waals surface area contributed by atoms with Gasteiger partial charge in [-0.05, 0) is 49.2 Å².